The molecule has 150 valence electrons. The summed E-state index contributed by atoms with van der Waals surface area (Å²) < 4.78 is 1.67. The molecule has 1 saturated carbocycles. The van der Waals surface area contributed by atoms with Crippen LogP contribution in [0.15, 0.2) is 41.5 Å². The lowest BCUT2D eigenvalue weighted by Gasteiger charge is -2.12. The van der Waals surface area contributed by atoms with Gasteiger partial charge in [0.1, 0.15) is 11.2 Å². The summed E-state index contributed by atoms with van der Waals surface area (Å²) in [5.74, 6) is -0.557. The number of fused-ring (bicyclic) bond motifs is 1. The fourth-order valence-corrected chi connectivity index (χ4v) is 4.62. The molecule has 0 aliphatic heterocycles. The molecule has 3 amide bonds. The van der Waals surface area contributed by atoms with Crippen LogP contribution in [0.1, 0.15) is 25.7 Å². The predicted octanol–water partition coefficient (Wildman–Crippen LogP) is 3.55. The number of benzene rings is 1. The lowest BCUT2D eigenvalue weighted by molar-refractivity contribution is -0.120. The summed E-state index contributed by atoms with van der Waals surface area (Å²) in [6.07, 6.45) is 5.35. The molecule has 4 rings (SSSR count). The van der Waals surface area contributed by atoms with Gasteiger partial charge in [0, 0.05) is 15.9 Å². The highest BCUT2D eigenvalue weighted by Gasteiger charge is 2.19. The number of nitrogens with zero attached hydrogens (tertiary/aromatic N) is 2. The highest BCUT2D eigenvalue weighted by Crippen LogP contribution is 2.31. The fourth-order valence-electron chi connectivity index (χ4n) is 3.43. The fraction of sp³-hybridized carbons (Fsp3) is 0.300. The average molecular weight is 431 g/mol. The van der Waals surface area contributed by atoms with Crippen LogP contribution < -0.4 is 16.2 Å². The molecule has 2 aromatic heterocycles. The van der Waals surface area contributed by atoms with Gasteiger partial charge in [-0.05, 0) is 36.6 Å². The monoisotopic (exact) mass is 430 g/mol. The Hall–Kier alpha value is -2.71. The Morgan fingerprint density at radius 3 is 2.66 bits per heavy atom. The van der Waals surface area contributed by atoms with Crippen LogP contribution in [0.2, 0.25) is 5.02 Å². The first-order chi connectivity index (χ1) is 14.0. The van der Waals surface area contributed by atoms with E-state index in [9.17, 15) is 14.4 Å². The van der Waals surface area contributed by atoms with Gasteiger partial charge in [0.2, 0.25) is 5.91 Å². The molecule has 0 saturated heterocycles. The zero-order chi connectivity index (χ0) is 20.4. The molecule has 0 unspecified atom stereocenters. The summed E-state index contributed by atoms with van der Waals surface area (Å²) in [5.41, 5.74) is 1.19. The van der Waals surface area contributed by atoms with E-state index in [2.05, 4.69) is 15.6 Å². The van der Waals surface area contributed by atoms with E-state index in [1.807, 2.05) is 18.2 Å². The van der Waals surface area contributed by atoms with E-state index in [1.54, 1.807) is 12.1 Å². The number of imide groups is 1. The SMILES string of the molecule is O=C(Cn1cnc2cc(-c3ccc(Cl)cc3)sc2c1=O)NC(=O)NC1CCCC1. The van der Waals surface area contributed by atoms with Gasteiger partial charge in [-0.2, -0.15) is 0 Å². The number of aromatic nitrogens is 2. The second-order valence-corrected chi connectivity index (χ2v) is 8.50. The molecule has 9 heteroatoms. The topological polar surface area (TPSA) is 93.1 Å². The Labute approximate surface area is 175 Å². The third-order valence-corrected chi connectivity index (χ3v) is 6.30. The number of hydrogen-bond acceptors (Lipinski definition) is 5. The van der Waals surface area contributed by atoms with Gasteiger partial charge < -0.3 is 5.32 Å². The number of thiophene rings is 1. The summed E-state index contributed by atoms with van der Waals surface area (Å²) in [5, 5.41) is 5.70. The van der Waals surface area contributed by atoms with Crippen molar-refractivity contribution in [3.8, 4) is 10.4 Å². The van der Waals surface area contributed by atoms with Crippen molar-refractivity contribution in [1.29, 1.82) is 0 Å². The number of hydrogen-bond donors (Lipinski definition) is 2. The second-order valence-electron chi connectivity index (χ2n) is 7.01. The number of amides is 3. The van der Waals surface area contributed by atoms with Crippen LogP contribution in [0, 0.1) is 0 Å². The Balaban J connectivity index is 1.48. The highest BCUT2D eigenvalue weighted by molar-refractivity contribution is 7.22. The first kappa shape index (κ1) is 19.6. The van der Waals surface area contributed by atoms with Crippen LogP contribution in [-0.2, 0) is 11.3 Å². The Kier molecular flexibility index (Phi) is 5.64. The van der Waals surface area contributed by atoms with Crippen LogP contribution in [0.3, 0.4) is 0 Å². The molecule has 1 aromatic carbocycles. The molecule has 3 aromatic rings. The zero-order valence-electron chi connectivity index (χ0n) is 15.5. The van der Waals surface area contributed by atoms with Gasteiger partial charge in [0.15, 0.2) is 0 Å². The van der Waals surface area contributed by atoms with Crippen molar-refractivity contribution in [3.63, 3.8) is 0 Å². The maximum atomic E-state index is 12.8. The number of nitrogens with one attached hydrogen (secondary N) is 2. The molecular weight excluding hydrogens is 412 g/mol. The quantitative estimate of drug-likeness (QED) is 0.662. The van der Waals surface area contributed by atoms with Gasteiger partial charge in [-0.3, -0.25) is 19.5 Å². The maximum Gasteiger partial charge on any atom is 0.321 e. The molecule has 0 radical (unpaired) electrons. The maximum absolute atomic E-state index is 12.8. The largest absolute Gasteiger partial charge is 0.335 e. The van der Waals surface area contributed by atoms with E-state index in [-0.39, 0.29) is 18.1 Å². The number of carbonyl (C=O) groups is 2. The summed E-state index contributed by atoms with van der Waals surface area (Å²) >= 11 is 7.24. The first-order valence-electron chi connectivity index (χ1n) is 9.35. The van der Waals surface area contributed by atoms with Gasteiger partial charge in [0.05, 0.1) is 11.8 Å². The standard InChI is InChI=1S/C20H19ClN4O3S/c21-13-7-5-12(6-8-13)16-9-15-18(29-16)19(27)25(11-22-15)10-17(26)24-20(28)23-14-3-1-2-4-14/h5-9,11,14H,1-4,10H2,(H2,23,24,26,28). The molecular formula is C20H19ClN4O3S. The Morgan fingerprint density at radius 2 is 1.93 bits per heavy atom. The van der Waals surface area contributed by atoms with Crippen molar-refractivity contribution >= 4 is 45.1 Å². The number of urea groups is 1. The van der Waals surface area contributed by atoms with Gasteiger partial charge in [0.25, 0.3) is 5.56 Å². The van der Waals surface area contributed by atoms with E-state index in [0.29, 0.717) is 15.2 Å². The first-order valence-corrected chi connectivity index (χ1v) is 10.5. The van der Waals surface area contributed by atoms with E-state index in [1.165, 1.54) is 22.2 Å². The summed E-state index contributed by atoms with van der Waals surface area (Å²) in [6, 6.07) is 8.75. The van der Waals surface area contributed by atoms with Crippen LogP contribution in [0.5, 0.6) is 0 Å². The minimum atomic E-state index is -0.557. The summed E-state index contributed by atoms with van der Waals surface area (Å²) in [4.78, 5) is 42.0. The zero-order valence-corrected chi connectivity index (χ0v) is 17.1. The summed E-state index contributed by atoms with van der Waals surface area (Å²) in [7, 11) is 0. The molecule has 29 heavy (non-hydrogen) atoms. The van der Waals surface area contributed by atoms with Crippen LogP contribution in [-0.4, -0.2) is 27.5 Å². The predicted molar refractivity (Wildman–Crippen MR) is 113 cm³/mol. The normalized spacial score (nSPS) is 14.2. The van der Waals surface area contributed by atoms with Crippen LogP contribution in [0.25, 0.3) is 20.7 Å². The highest BCUT2D eigenvalue weighted by atomic mass is 35.5. The van der Waals surface area contributed by atoms with Crippen molar-refractivity contribution in [3.05, 3.63) is 52.0 Å². The smallest absolute Gasteiger partial charge is 0.321 e. The van der Waals surface area contributed by atoms with Crippen LogP contribution in [0.4, 0.5) is 4.79 Å². The minimum Gasteiger partial charge on any atom is -0.335 e. The van der Waals surface area contributed by atoms with Crippen molar-refractivity contribution in [2.24, 2.45) is 0 Å². The van der Waals surface area contributed by atoms with Crippen LogP contribution >= 0.6 is 22.9 Å². The Bertz CT molecular complexity index is 1120. The van der Waals surface area contributed by atoms with Crippen molar-refractivity contribution < 1.29 is 9.59 Å². The molecule has 7 nitrogen and oxygen atoms in total. The van der Waals surface area contributed by atoms with Crippen molar-refractivity contribution in [2.45, 2.75) is 38.3 Å². The van der Waals surface area contributed by atoms with Gasteiger partial charge in [-0.25, -0.2) is 9.78 Å². The summed E-state index contributed by atoms with van der Waals surface area (Å²) in [6.45, 7) is -0.270. The lowest BCUT2D eigenvalue weighted by atomic mass is 10.2. The number of carbonyl (C=O) groups excluding carboxylic acids is 2. The number of halogens is 1. The molecule has 1 fully saturated rings. The molecule has 2 N–H and O–H groups in total. The number of rotatable bonds is 4. The van der Waals surface area contributed by atoms with Crippen molar-refractivity contribution in [1.82, 2.24) is 20.2 Å². The minimum absolute atomic E-state index is 0.112. The molecule has 0 spiro atoms. The van der Waals surface area contributed by atoms with E-state index >= 15 is 0 Å². The molecule has 1 aliphatic rings. The Morgan fingerprint density at radius 1 is 1.21 bits per heavy atom. The lowest BCUT2D eigenvalue weighted by Crippen LogP contribution is -2.45. The third-order valence-electron chi connectivity index (χ3n) is 4.89. The molecule has 2 heterocycles. The second kappa shape index (κ2) is 8.34. The van der Waals surface area contributed by atoms with Gasteiger partial charge >= 0.3 is 6.03 Å². The molecule has 1 aliphatic carbocycles. The van der Waals surface area contributed by atoms with E-state index < -0.39 is 11.9 Å². The average Bonchev–Trinajstić information content (AvgIpc) is 3.34. The molecule has 0 atom stereocenters. The van der Waals surface area contributed by atoms with E-state index in [4.69, 9.17) is 11.6 Å². The van der Waals surface area contributed by atoms with Gasteiger partial charge in [-0.15, -0.1) is 11.3 Å². The van der Waals surface area contributed by atoms with Crippen molar-refractivity contribution in [2.75, 3.05) is 0 Å². The van der Waals surface area contributed by atoms with Gasteiger partial charge in [-0.1, -0.05) is 36.6 Å². The van der Waals surface area contributed by atoms with E-state index in [0.717, 1.165) is 36.1 Å². The molecule has 0 bridgehead atoms. The third kappa shape index (κ3) is 4.49.